The van der Waals surface area contributed by atoms with Crippen LogP contribution in [0.3, 0.4) is 0 Å². The van der Waals surface area contributed by atoms with Gasteiger partial charge in [0.2, 0.25) is 11.8 Å². The quantitative estimate of drug-likeness (QED) is 0.732. The molecular weight excluding hydrogens is 288 g/mol. The van der Waals surface area contributed by atoms with Crippen LogP contribution < -0.4 is 0 Å². The average Bonchev–Trinajstić information content (AvgIpc) is 2.55. The summed E-state index contributed by atoms with van der Waals surface area (Å²) in [5.74, 6) is 0.360. The second-order valence-electron chi connectivity index (χ2n) is 6.46. The van der Waals surface area contributed by atoms with Crippen molar-refractivity contribution in [3.63, 3.8) is 0 Å². The second kappa shape index (κ2) is 8.14. The molecule has 0 aliphatic carbocycles. The molecule has 0 aromatic heterocycles. The molecule has 1 saturated heterocycles. The highest BCUT2D eigenvalue weighted by atomic mass is 16.2. The van der Waals surface area contributed by atoms with Crippen LogP contribution in [0.15, 0.2) is 37.5 Å². The minimum absolute atomic E-state index is 0.0248. The fourth-order valence-corrected chi connectivity index (χ4v) is 3.63. The highest BCUT2D eigenvalue weighted by Gasteiger charge is 2.36. The summed E-state index contributed by atoms with van der Waals surface area (Å²) in [5, 5.41) is 0. The smallest absolute Gasteiger partial charge is 0.226 e. The molecule has 4 heteroatoms. The molecule has 2 atom stereocenters. The van der Waals surface area contributed by atoms with Crippen molar-refractivity contribution in [2.75, 3.05) is 13.1 Å². The first-order valence-corrected chi connectivity index (χ1v) is 8.54. The maximum Gasteiger partial charge on any atom is 0.226 e. The standard InChI is InChI=1S/C19H28N2O2/c1-4-7-17-9-6-10-18(8-5-2)21(17)19(23)16-11-13-20(14-12-16)15(3)22/h4-6,9,16-18H,1-2,7-8,10-14H2,3H3/t17-,18-/m1/s1. The van der Waals surface area contributed by atoms with Gasteiger partial charge in [-0.3, -0.25) is 9.59 Å². The Morgan fingerprint density at radius 3 is 2.39 bits per heavy atom. The van der Waals surface area contributed by atoms with Crippen molar-refractivity contribution in [3.05, 3.63) is 37.5 Å². The third kappa shape index (κ3) is 4.12. The van der Waals surface area contributed by atoms with Gasteiger partial charge in [0, 0.05) is 32.0 Å². The molecule has 0 aromatic carbocycles. The van der Waals surface area contributed by atoms with Gasteiger partial charge in [-0.05, 0) is 32.1 Å². The summed E-state index contributed by atoms with van der Waals surface area (Å²) in [6.07, 6.45) is 12.1. The molecule has 0 unspecified atom stereocenters. The first-order valence-electron chi connectivity index (χ1n) is 8.54. The maximum atomic E-state index is 13.1. The van der Waals surface area contributed by atoms with Crippen molar-refractivity contribution in [3.8, 4) is 0 Å². The van der Waals surface area contributed by atoms with Gasteiger partial charge in [-0.15, -0.1) is 13.2 Å². The van der Waals surface area contributed by atoms with Crippen molar-refractivity contribution in [2.24, 2.45) is 5.92 Å². The Balaban J connectivity index is 2.09. The highest BCUT2D eigenvalue weighted by Crippen LogP contribution is 2.28. The molecule has 0 saturated carbocycles. The van der Waals surface area contributed by atoms with Crippen LogP contribution in [0.5, 0.6) is 0 Å². The van der Waals surface area contributed by atoms with Gasteiger partial charge < -0.3 is 9.80 Å². The Bertz CT molecular complexity index is 490. The molecule has 2 amide bonds. The van der Waals surface area contributed by atoms with Crippen molar-refractivity contribution in [2.45, 2.75) is 51.1 Å². The number of carbonyl (C=O) groups excluding carboxylic acids is 2. The zero-order valence-electron chi connectivity index (χ0n) is 14.1. The van der Waals surface area contributed by atoms with Crippen LogP contribution in [0.25, 0.3) is 0 Å². The van der Waals surface area contributed by atoms with Crippen LogP contribution >= 0.6 is 0 Å². The molecule has 0 radical (unpaired) electrons. The van der Waals surface area contributed by atoms with E-state index in [0.717, 1.165) is 32.1 Å². The third-order valence-corrected chi connectivity index (χ3v) is 4.91. The second-order valence-corrected chi connectivity index (χ2v) is 6.46. The summed E-state index contributed by atoms with van der Waals surface area (Å²) in [4.78, 5) is 28.5. The molecule has 126 valence electrons. The van der Waals surface area contributed by atoms with E-state index in [1.165, 1.54) is 0 Å². The predicted octanol–water partition coefficient (Wildman–Crippen LogP) is 2.92. The van der Waals surface area contributed by atoms with Crippen LogP contribution in [0.4, 0.5) is 0 Å². The zero-order valence-corrected chi connectivity index (χ0v) is 14.1. The summed E-state index contributed by atoms with van der Waals surface area (Å²) in [6, 6.07) is 0.297. The Kier molecular flexibility index (Phi) is 6.20. The summed E-state index contributed by atoms with van der Waals surface area (Å²) >= 11 is 0. The minimum atomic E-state index is 0.0248. The third-order valence-electron chi connectivity index (χ3n) is 4.91. The predicted molar refractivity (Wildman–Crippen MR) is 92.8 cm³/mol. The number of hydrogen-bond donors (Lipinski definition) is 0. The lowest BCUT2D eigenvalue weighted by atomic mass is 9.90. The van der Waals surface area contributed by atoms with Crippen LogP contribution in [0.2, 0.25) is 0 Å². The monoisotopic (exact) mass is 316 g/mol. The fraction of sp³-hybridized carbons (Fsp3) is 0.579. The van der Waals surface area contributed by atoms with Gasteiger partial charge in [-0.1, -0.05) is 24.3 Å². The Morgan fingerprint density at radius 1 is 1.17 bits per heavy atom. The van der Waals surface area contributed by atoms with Crippen LogP contribution in [-0.4, -0.2) is 46.8 Å². The number of nitrogens with zero attached hydrogens (tertiary/aromatic N) is 2. The van der Waals surface area contributed by atoms with Gasteiger partial charge in [-0.25, -0.2) is 0 Å². The van der Waals surface area contributed by atoms with E-state index in [2.05, 4.69) is 30.2 Å². The van der Waals surface area contributed by atoms with Crippen LogP contribution in [-0.2, 0) is 9.59 Å². The molecule has 2 rings (SSSR count). The largest absolute Gasteiger partial charge is 0.343 e. The maximum absolute atomic E-state index is 13.1. The van der Waals surface area contributed by atoms with Gasteiger partial charge in [0.15, 0.2) is 0 Å². The number of likely N-dealkylation sites (tertiary alicyclic amines) is 1. The van der Waals surface area contributed by atoms with E-state index in [0.29, 0.717) is 13.1 Å². The van der Waals surface area contributed by atoms with E-state index in [1.807, 2.05) is 17.1 Å². The van der Waals surface area contributed by atoms with E-state index >= 15 is 0 Å². The Morgan fingerprint density at radius 2 is 1.83 bits per heavy atom. The number of rotatable bonds is 5. The van der Waals surface area contributed by atoms with Crippen molar-refractivity contribution in [1.29, 1.82) is 0 Å². The van der Waals surface area contributed by atoms with E-state index in [-0.39, 0.29) is 29.8 Å². The molecule has 4 nitrogen and oxygen atoms in total. The topological polar surface area (TPSA) is 40.6 Å². The minimum Gasteiger partial charge on any atom is -0.343 e. The molecule has 0 aromatic rings. The van der Waals surface area contributed by atoms with Gasteiger partial charge in [0.05, 0.1) is 6.04 Å². The first-order chi connectivity index (χ1) is 11.1. The van der Waals surface area contributed by atoms with Gasteiger partial charge in [0.1, 0.15) is 0 Å². The Hall–Kier alpha value is -1.84. The van der Waals surface area contributed by atoms with E-state index in [4.69, 9.17) is 0 Å². The molecular formula is C19H28N2O2. The highest BCUT2D eigenvalue weighted by molar-refractivity contribution is 5.81. The summed E-state index contributed by atoms with van der Waals surface area (Å²) in [6.45, 7) is 10.6. The van der Waals surface area contributed by atoms with Crippen molar-refractivity contribution >= 4 is 11.8 Å². The zero-order chi connectivity index (χ0) is 16.8. The van der Waals surface area contributed by atoms with E-state index < -0.39 is 0 Å². The van der Waals surface area contributed by atoms with Gasteiger partial charge in [0.25, 0.3) is 0 Å². The van der Waals surface area contributed by atoms with Crippen molar-refractivity contribution < 1.29 is 9.59 Å². The number of hydrogen-bond acceptors (Lipinski definition) is 2. The number of amides is 2. The molecule has 2 heterocycles. The molecule has 0 bridgehead atoms. The molecule has 0 spiro atoms. The SMILES string of the molecule is C=CC[C@@H]1CC=C[C@@H](CC=C)N1C(=O)C1CCN(C(C)=O)CC1. The first kappa shape index (κ1) is 17.5. The molecule has 2 aliphatic heterocycles. The van der Waals surface area contributed by atoms with Gasteiger partial charge in [-0.2, -0.15) is 0 Å². The summed E-state index contributed by atoms with van der Waals surface area (Å²) in [7, 11) is 0. The number of piperidine rings is 1. The van der Waals surface area contributed by atoms with Crippen LogP contribution in [0.1, 0.15) is 39.0 Å². The lowest BCUT2D eigenvalue weighted by Crippen LogP contribution is -2.52. The van der Waals surface area contributed by atoms with E-state index in [9.17, 15) is 9.59 Å². The van der Waals surface area contributed by atoms with Crippen molar-refractivity contribution in [1.82, 2.24) is 9.80 Å². The molecule has 2 aliphatic rings. The fourth-order valence-electron chi connectivity index (χ4n) is 3.63. The molecule has 23 heavy (non-hydrogen) atoms. The Labute approximate surface area is 139 Å². The molecule has 1 fully saturated rings. The van der Waals surface area contributed by atoms with E-state index in [1.54, 1.807) is 6.92 Å². The normalized spacial score (nSPS) is 25.3. The number of carbonyl (C=O) groups is 2. The summed E-state index contributed by atoms with van der Waals surface area (Å²) in [5.41, 5.74) is 0. The summed E-state index contributed by atoms with van der Waals surface area (Å²) < 4.78 is 0. The molecule has 0 N–H and O–H groups in total. The average molecular weight is 316 g/mol. The van der Waals surface area contributed by atoms with Gasteiger partial charge >= 0.3 is 0 Å². The lowest BCUT2D eigenvalue weighted by Gasteiger charge is -2.42. The van der Waals surface area contributed by atoms with Crippen LogP contribution in [0, 0.1) is 5.92 Å². The lowest BCUT2D eigenvalue weighted by molar-refractivity contribution is -0.143.